The van der Waals surface area contributed by atoms with Crippen molar-refractivity contribution >= 4 is 17.6 Å². The Morgan fingerprint density at radius 3 is 2.88 bits per heavy atom. The van der Waals surface area contributed by atoms with Crippen LogP contribution in [0.2, 0.25) is 0 Å². The molecule has 4 nitrogen and oxygen atoms in total. The van der Waals surface area contributed by atoms with Gasteiger partial charge in [0.15, 0.2) is 0 Å². The van der Waals surface area contributed by atoms with Gasteiger partial charge in [0.25, 0.3) is 0 Å². The van der Waals surface area contributed by atoms with Gasteiger partial charge in [-0.2, -0.15) is 0 Å². The van der Waals surface area contributed by atoms with E-state index in [1.165, 1.54) is 4.90 Å². The summed E-state index contributed by atoms with van der Waals surface area (Å²) < 4.78 is 0. The number of aliphatic carboxylic acids is 1. The van der Waals surface area contributed by atoms with E-state index in [0.717, 1.165) is 24.1 Å². The van der Waals surface area contributed by atoms with Crippen molar-refractivity contribution in [1.82, 2.24) is 0 Å². The largest absolute Gasteiger partial charge is 0.480 e. The summed E-state index contributed by atoms with van der Waals surface area (Å²) >= 11 is 0. The fourth-order valence-electron chi connectivity index (χ4n) is 2.16. The molecule has 0 fully saturated rings. The van der Waals surface area contributed by atoms with Crippen LogP contribution in [-0.4, -0.2) is 23.5 Å². The van der Waals surface area contributed by atoms with Crippen molar-refractivity contribution < 1.29 is 14.7 Å². The van der Waals surface area contributed by atoms with E-state index < -0.39 is 5.97 Å². The van der Waals surface area contributed by atoms with Crippen LogP contribution in [-0.2, 0) is 16.0 Å². The van der Waals surface area contributed by atoms with E-state index in [-0.39, 0.29) is 18.4 Å². The number of fused-ring (bicyclic) bond motifs is 1. The first-order valence-corrected chi connectivity index (χ1v) is 5.70. The van der Waals surface area contributed by atoms with Crippen LogP contribution in [0.3, 0.4) is 0 Å². The molecule has 1 aliphatic rings. The Hall–Kier alpha value is -1.84. The van der Waals surface area contributed by atoms with Crippen molar-refractivity contribution in [1.29, 1.82) is 0 Å². The van der Waals surface area contributed by atoms with Crippen molar-refractivity contribution in [3.05, 3.63) is 29.8 Å². The van der Waals surface area contributed by atoms with Gasteiger partial charge in [-0.3, -0.25) is 9.59 Å². The van der Waals surface area contributed by atoms with Crippen molar-refractivity contribution in [2.75, 3.05) is 11.4 Å². The van der Waals surface area contributed by atoms with E-state index in [9.17, 15) is 9.59 Å². The second-order valence-electron chi connectivity index (χ2n) is 4.39. The molecular formula is C13H15NO3. The second-order valence-corrected chi connectivity index (χ2v) is 4.39. The van der Waals surface area contributed by atoms with Gasteiger partial charge < -0.3 is 10.0 Å². The number of nitrogens with zero attached hydrogens (tertiary/aromatic N) is 1. The van der Waals surface area contributed by atoms with E-state index in [4.69, 9.17) is 5.11 Å². The third kappa shape index (κ3) is 2.30. The molecule has 17 heavy (non-hydrogen) atoms. The summed E-state index contributed by atoms with van der Waals surface area (Å²) in [5.74, 6) is -1.21. The van der Waals surface area contributed by atoms with Gasteiger partial charge in [0.05, 0.1) is 0 Å². The van der Waals surface area contributed by atoms with E-state index in [1.807, 2.05) is 31.2 Å². The number of carboxylic acids is 1. The van der Waals surface area contributed by atoms with E-state index in [1.54, 1.807) is 0 Å². The van der Waals surface area contributed by atoms with Gasteiger partial charge >= 0.3 is 5.97 Å². The highest BCUT2D eigenvalue weighted by molar-refractivity contribution is 5.99. The monoisotopic (exact) mass is 233 g/mol. The zero-order valence-corrected chi connectivity index (χ0v) is 9.72. The summed E-state index contributed by atoms with van der Waals surface area (Å²) in [7, 11) is 0. The Labute approximate surface area is 99.9 Å². The summed E-state index contributed by atoms with van der Waals surface area (Å²) in [6, 6.07) is 7.51. The number of rotatable bonds is 2. The molecule has 1 amide bonds. The fraction of sp³-hybridized carbons (Fsp3) is 0.385. The zero-order valence-electron chi connectivity index (χ0n) is 9.72. The first kappa shape index (κ1) is 11.6. The Balaban J connectivity index is 2.43. The SMILES string of the molecule is C[C@H]1CCc2ccccc2N(CC(=O)O)C1=O. The van der Waals surface area contributed by atoms with Gasteiger partial charge in [-0.15, -0.1) is 0 Å². The van der Waals surface area contributed by atoms with Crippen LogP contribution < -0.4 is 4.90 Å². The molecule has 2 rings (SSSR count). The highest BCUT2D eigenvalue weighted by atomic mass is 16.4. The molecule has 0 aromatic heterocycles. The predicted molar refractivity (Wildman–Crippen MR) is 63.9 cm³/mol. The topological polar surface area (TPSA) is 57.6 Å². The van der Waals surface area contributed by atoms with Crippen LogP contribution in [0.25, 0.3) is 0 Å². The first-order valence-electron chi connectivity index (χ1n) is 5.70. The quantitative estimate of drug-likeness (QED) is 0.845. The Kier molecular flexibility index (Phi) is 3.13. The highest BCUT2D eigenvalue weighted by Crippen LogP contribution is 2.28. The fourth-order valence-corrected chi connectivity index (χ4v) is 2.16. The number of hydrogen-bond donors (Lipinski definition) is 1. The second kappa shape index (κ2) is 4.57. The molecule has 1 aromatic carbocycles. The number of benzene rings is 1. The smallest absolute Gasteiger partial charge is 0.323 e. The van der Waals surface area contributed by atoms with Gasteiger partial charge in [-0.1, -0.05) is 25.1 Å². The number of hydrogen-bond acceptors (Lipinski definition) is 2. The summed E-state index contributed by atoms with van der Waals surface area (Å²) in [5, 5.41) is 8.89. The van der Waals surface area contributed by atoms with Crippen molar-refractivity contribution in [2.24, 2.45) is 5.92 Å². The zero-order chi connectivity index (χ0) is 12.4. The normalized spacial score (nSPS) is 19.7. The Bertz CT molecular complexity index is 456. The third-order valence-electron chi connectivity index (χ3n) is 3.11. The molecule has 4 heteroatoms. The van der Waals surface area contributed by atoms with E-state index in [2.05, 4.69) is 0 Å². The van der Waals surface area contributed by atoms with Crippen LogP contribution in [0.5, 0.6) is 0 Å². The average Bonchev–Trinajstić information content (AvgIpc) is 2.42. The third-order valence-corrected chi connectivity index (χ3v) is 3.11. The molecule has 1 N–H and O–H groups in total. The van der Waals surface area contributed by atoms with Crippen LogP contribution in [0.1, 0.15) is 18.9 Å². The van der Waals surface area contributed by atoms with Crippen molar-refractivity contribution in [2.45, 2.75) is 19.8 Å². The number of para-hydroxylation sites is 1. The molecule has 0 saturated carbocycles. The van der Waals surface area contributed by atoms with Gasteiger partial charge in [0, 0.05) is 11.6 Å². The van der Waals surface area contributed by atoms with Gasteiger partial charge in [0.1, 0.15) is 6.54 Å². The Morgan fingerprint density at radius 1 is 1.47 bits per heavy atom. The lowest BCUT2D eigenvalue weighted by Crippen LogP contribution is -2.38. The summed E-state index contributed by atoms with van der Waals surface area (Å²) in [4.78, 5) is 24.3. The maximum absolute atomic E-state index is 12.1. The summed E-state index contributed by atoms with van der Waals surface area (Å²) in [6.45, 7) is 1.59. The number of anilines is 1. The van der Waals surface area contributed by atoms with Crippen LogP contribution in [0, 0.1) is 5.92 Å². The van der Waals surface area contributed by atoms with Gasteiger partial charge in [0.2, 0.25) is 5.91 Å². The minimum absolute atomic E-state index is 0.0997. The number of carboxylic acid groups (broad SMARTS) is 1. The van der Waals surface area contributed by atoms with Gasteiger partial charge in [-0.25, -0.2) is 0 Å². The van der Waals surface area contributed by atoms with Crippen molar-refractivity contribution in [3.63, 3.8) is 0 Å². The highest BCUT2D eigenvalue weighted by Gasteiger charge is 2.28. The molecule has 1 aliphatic heterocycles. The number of carbonyl (C=O) groups excluding carboxylic acids is 1. The molecule has 0 radical (unpaired) electrons. The van der Waals surface area contributed by atoms with Crippen LogP contribution in [0.4, 0.5) is 5.69 Å². The van der Waals surface area contributed by atoms with Crippen LogP contribution >= 0.6 is 0 Å². The minimum Gasteiger partial charge on any atom is -0.480 e. The lowest BCUT2D eigenvalue weighted by molar-refractivity contribution is -0.137. The number of aryl methyl sites for hydroxylation is 1. The molecule has 0 spiro atoms. The molecule has 90 valence electrons. The molecule has 1 heterocycles. The predicted octanol–water partition coefficient (Wildman–Crippen LogP) is 1.69. The minimum atomic E-state index is -0.984. The molecule has 0 aliphatic carbocycles. The van der Waals surface area contributed by atoms with Crippen LogP contribution in [0.15, 0.2) is 24.3 Å². The molecule has 1 aromatic rings. The summed E-state index contributed by atoms with van der Waals surface area (Å²) in [6.07, 6.45) is 1.59. The number of carbonyl (C=O) groups is 2. The van der Waals surface area contributed by atoms with E-state index in [0.29, 0.717) is 0 Å². The molecule has 1 atom stereocenters. The molecule has 0 bridgehead atoms. The lowest BCUT2D eigenvalue weighted by Gasteiger charge is -2.22. The summed E-state index contributed by atoms with van der Waals surface area (Å²) in [5.41, 5.74) is 1.79. The lowest BCUT2D eigenvalue weighted by atomic mass is 10.0. The van der Waals surface area contributed by atoms with Crippen molar-refractivity contribution in [3.8, 4) is 0 Å². The Morgan fingerprint density at radius 2 is 2.18 bits per heavy atom. The standard InChI is InChI=1S/C13H15NO3/c1-9-6-7-10-4-2-3-5-11(10)14(13(9)17)8-12(15)16/h2-5,9H,6-8H2,1H3,(H,15,16)/t9-/m0/s1. The molecule has 0 saturated heterocycles. The average molecular weight is 233 g/mol. The first-order chi connectivity index (χ1) is 8.09. The van der Waals surface area contributed by atoms with Gasteiger partial charge in [-0.05, 0) is 24.5 Å². The maximum Gasteiger partial charge on any atom is 0.323 e. The maximum atomic E-state index is 12.1. The number of amides is 1. The molecular weight excluding hydrogens is 218 g/mol. The van der Waals surface area contributed by atoms with E-state index >= 15 is 0 Å². The molecule has 0 unspecified atom stereocenters.